The lowest BCUT2D eigenvalue weighted by Crippen LogP contribution is -2.45. The van der Waals surface area contributed by atoms with E-state index in [1.54, 1.807) is 0 Å². The third-order valence-electron chi connectivity index (χ3n) is 2.77. The van der Waals surface area contributed by atoms with Crippen LogP contribution in [-0.2, 0) is 16.1 Å². The summed E-state index contributed by atoms with van der Waals surface area (Å²) in [6.45, 7) is 5.88. The Morgan fingerprint density at radius 3 is 3.00 bits per heavy atom. The van der Waals surface area contributed by atoms with Gasteiger partial charge in [0.05, 0.1) is 13.2 Å². The van der Waals surface area contributed by atoms with Gasteiger partial charge in [-0.1, -0.05) is 19.0 Å². The van der Waals surface area contributed by atoms with Gasteiger partial charge in [-0.3, -0.25) is 4.90 Å². The predicted octanol–water partition coefficient (Wildman–Crippen LogP) is 0.478. The standard InChI is InChI=1S/C11H17N3O4/c1-7(2)10-12-9(13-18-10)6-14-3-4-17-8(5-14)11(15)16/h7-8H,3-6H2,1-2H3,(H,15,16). The first kappa shape index (κ1) is 13.0. The first-order valence-electron chi connectivity index (χ1n) is 5.95. The van der Waals surface area contributed by atoms with Gasteiger partial charge in [0, 0.05) is 19.0 Å². The minimum Gasteiger partial charge on any atom is -0.479 e. The van der Waals surface area contributed by atoms with E-state index in [9.17, 15) is 4.79 Å². The molecular weight excluding hydrogens is 238 g/mol. The van der Waals surface area contributed by atoms with Crippen molar-refractivity contribution in [2.24, 2.45) is 0 Å². The van der Waals surface area contributed by atoms with Crippen molar-refractivity contribution in [3.05, 3.63) is 11.7 Å². The topological polar surface area (TPSA) is 88.7 Å². The summed E-state index contributed by atoms with van der Waals surface area (Å²) in [7, 11) is 0. The van der Waals surface area contributed by atoms with Crippen LogP contribution in [0, 0.1) is 0 Å². The first-order valence-corrected chi connectivity index (χ1v) is 5.95. The van der Waals surface area contributed by atoms with Crippen LogP contribution in [0.15, 0.2) is 4.52 Å². The number of rotatable bonds is 4. The van der Waals surface area contributed by atoms with Gasteiger partial charge in [0.25, 0.3) is 0 Å². The summed E-state index contributed by atoms with van der Waals surface area (Å²) in [6.07, 6.45) is -0.768. The average Bonchev–Trinajstić information content (AvgIpc) is 2.78. The summed E-state index contributed by atoms with van der Waals surface area (Å²) in [5.41, 5.74) is 0. The van der Waals surface area contributed by atoms with E-state index in [2.05, 4.69) is 10.1 Å². The van der Waals surface area contributed by atoms with Crippen LogP contribution in [0.1, 0.15) is 31.5 Å². The minimum absolute atomic E-state index is 0.197. The Bertz CT molecular complexity index is 418. The molecule has 1 aliphatic heterocycles. The van der Waals surface area contributed by atoms with Crippen LogP contribution >= 0.6 is 0 Å². The second-order valence-corrected chi connectivity index (χ2v) is 4.64. The molecule has 0 aromatic carbocycles. The Morgan fingerprint density at radius 2 is 2.39 bits per heavy atom. The highest BCUT2D eigenvalue weighted by Gasteiger charge is 2.27. The quantitative estimate of drug-likeness (QED) is 0.836. The Hall–Kier alpha value is -1.47. The van der Waals surface area contributed by atoms with E-state index in [-0.39, 0.29) is 5.92 Å². The summed E-state index contributed by atoms with van der Waals surface area (Å²) in [5.74, 6) is 0.455. The Morgan fingerprint density at radius 1 is 1.61 bits per heavy atom. The highest BCUT2D eigenvalue weighted by molar-refractivity contribution is 5.72. The molecule has 1 aliphatic rings. The highest BCUT2D eigenvalue weighted by atomic mass is 16.5. The molecule has 18 heavy (non-hydrogen) atoms. The van der Waals surface area contributed by atoms with Crippen molar-refractivity contribution in [3.8, 4) is 0 Å². The molecule has 0 amide bonds. The van der Waals surface area contributed by atoms with E-state index in [1.165, 1.54) is 0 Å². The summed E-state index contributed by atoms with van der Waals surface area (Å²) < 4.78 is 10.3. The number of hydrogen-bond acceptors (Lipinski definition) is 6. The SMILES string of the molecule is CC(C)c1nc(CN2CCOC(C(=O)O)C2)no1. The van der Waals surface area contributed by atoms with E-state index in [0.717, 1.165) is 0 Å². The lowest BCUT2D eigenvalue weighted by molar-refractivity contribution is -0.156. The van der Waals surface area contributed by atoms with Crippen LogP contribution in [0.4, 0.5) is 0 Å². The molecule has 1 aromatic heterocycles. The van der Waals surface area contributed by atoms with Gasteiger partial charge in [-0.05, 0) is 0 Å². The number of carboxylic acid groups (broad SMARTS) is 1. The van der Waals surface area contributed by atoms with E-state index in [1.807, 2.05) is 18.7 Å². The molecule has 1 aromatic rings. The fraction of sp³-hybridized carbons (Fsp3) is 0.727. The number of nitrogens with zero attached hydrogens (tertiary/aromatic N) is 3. The highest BCUT2D eigenvalue weighted by Crippen LogP contribution is 2.13. The third-order valence-corrected chi connectivity index (χ3v) is 2.77. The van der Waals surface area contributed by atoms with Crippen LogP contribution in [0.25, 0.3) is 0 Å². The molecule has 7 heteroatoms. The maximum absolute atomic E-state index is 10.8. The number of morpholine rings is 1. The Balaban J connectivity index is 1.94. The first-order chi connectivity index (χ1) is 8.56. The molecule has 1 N–H and O–H groups in total. The van der Waals surface area contributed by atoms with Crippen molar-refractivity contribution in [3.63, 3.8) is 0 Å². The summed E-state index contributed by atoms with van der Waals surface area (Å²) in [5, 5.41) is 12.8. The minimum atomic E-state index is -0.935. The molecule has 100 valence electrons. The van der Waals surface area contributed by atoms with Crippen LogP contribution in [0.2, 0.25) is 0 Å². The smallest absolute Gasteiger partial charge is 0.334 e. The Labute approximate surface area is 105 Å². The number of ether oxygens (including phenoxy) is 1. The van der Waals surface area contributed by atoms with Crippen LogP contribution < -0.4 is 0 Å². The van der Waals surface area contributed by atoms with Gasteiger partial charge in [-0.15, -0.1) is 0 Å². The molecule has 1 unspecified atom stereocenters. The molecule has 0 bridgehead atoms. The number of aromatic nitrogens is 2. The zero-order valence-electron chi connectivity index (χ0n) is 10.5. The van der Waals surface area contributed by atoms with Gasteiger partial charge in [0.15, 0.2) is 11.9 Å². The number of carboxylic acids is 1. The van der Waals surface area contributed by atoms with E-state index in [0.29, 0.717) is 38.0 Å². The number of hydrogen-bond donors (Lipinski definition) is 1. The van der Waals surface area contributed by atoms with Crippen LogP contribution in [0.5, 0.6) is 0 Å². The molecule has 7 nitrogen and oxygen atoms in total. The maximum Gasteiger partial charge on any atom is 0.334 e. The number of aliphatic carboxylic acids is 1. The van der Waals surface area contributed by atoms with Gasteiger partial charge in [-0.2, -0.15) is 4.98 Å². The molecular formula is C11H17N3O4. The van der Waals surface area contributed by atoms with Crippen molar-refractivity contribution in [1.82, 2.24) is 15.0 Å². The van der Waals surface area contributed by atoms with Crippen molar-refractivity contribution < 1.29 is 19.2 Å². The zero-order chi connectivity index (χ0) is 13.1. The van der Waals surface area contributed by atoms with E-state index >= 15 is 0 Å². The van der Waals surface area contributed by atoms with Crippen molar-refractivity contribution in [2.45, 2.75) is 32.4 Å². The molecule has 0 aliphatic carbocycles. The fourth-order valence-corrected chi connectivity index (χ4v) is 1.76. The summed E-state index contributed by atoms with van der Waals surface area (Å²) in [4.78, 5) is 17.1. The molecule has 0 saturated carbocycles. The van der Waals surface area contributed by atoms with Crippen molar-refractivity contribution in [1.29, 1.82) is 0 Å². The molecule has 0 spiro atoms. The van der Waals surface area contributed by atoms with E-state index < -0.39 is 12.1 Å². The average molecular weight is 255 g/mol. The normalized spacial score (nSPS) is 21.4. The maximum atomic E-state index is 10.8. The van der Waals surface area contributed by atoms with Crippen LogP contribution in [-0.4, -0.2) is 51.9 Å². The third kappa shape index (κ3) is 3.05. The largest absolute Gasteiger partial charge is 0.479 e. The van der Waals surface area contributed by atoms with Gasteiger partial charge in [0.2, 0.25) is 5.89 Å². The van der Waals surface area contributed by atoms with Gasteiger partial charge in [0.1, 0.15) is 0 Å². The molecule has 0 radical (unpaired) electrons. The molecule has 2 heterocycles. The van der Waals surface area contributed by atoms with Crippen LogP contribution in [0.3, 0.4) is 0 Å². The van der Waals surface area contributed by atoms with Gasteiger partial charge < -0.3 is 14.4 Å². The molecule has 1 fully saturated rings. The molecule has 1 saturated heterocycles. The molecule has 2 rings (SSSR count). The van der Waals surface area contributed by atoms with E-state index in [4.69, 9.17) is 14.4 Å². The zero-order valence-corrected chi connectivity index (χ0v) is 10.5. The monoisotopic (exact) mass is 255 g/mol. The predicted molar refractivity (Wildman–Crippen MR) is 61.0 cm³/mol. The Kier molecular flexibility index (Phi) is 3.93. The van der Waals surface area contributed by atoms with Crippen molar-refractivity contribution in [2.75, 3.05) is 19.7 Å². The second-order valence-electron chi connectivity index (χ2n) is 4.64. The van der Waals surface area contributed by atoms with Gasteiger partial charge in [-0.25, -0.2) is 4.79 Å². The summed E-state index contributed by atoms with van der Waals surface area (Å²) in [6, 6.07) is 0. The number of carbonyl (C=O) groups is 1. The lowest BCUT2D eigenvalue weighted by atomic mass is 10.2. The lowest BCUT2D eigenvalue weighted by Gasteiger charge is -2.29. The second kappa shape index (κ2) is 5.45. The van der Waals surface area contributed by atoms with Crippen molar-refractivity contribution >= 4 is 5.97 Å². The van der Waals surface area contributed by atoms with Gasteiger partial charge >= 0.3 is 5.97 Å². The molecule has 1 atom stereocenters. The summed E-state index contributed by atoms with van der Waals surface area (Å²) >= 11 is 0. The fourth-order valence-electron chi connectivity index (χ4n) is 1.76.